The third-order valence-electron chi connectivity index (χ3n) is 4.44. The van der Waals surface area contributed by atoms with E-state index in [1.54, 1.807) is 18.3 Å². The first kappa shape index (κ1) is 17.0. The number of benzene rings is 1. The van der Waals surface area contributed by atoms with Crippen molar-refractivity contribution < 1.29 is 9.13 Å². The van der Waals surface area contributed by atoms with Crippen molar-refractivity contribution in [1.82, 2.24) is 19.9 Å². The van der Waals surface area contributed by atoms with Gasteiger partial charge >= 0.3 is 0 Å². The first-order valence-corrected chi connectivity index (χ1v) is 8.43. The molecular weight excluding hydrogens is 345 g/mol. The molecule has 0 saturated carbocycles. The maximum absolute atomic E-state index is 13.8. The normalized spacial score (nSPS) is 11.1. The molecule has 0 spiro atoms. The predicted molar refractivity (Wildman–Crippen MR) is 102 cm³/mol. The van der Waals surface area contributed by atoms with Gasteiger partial charge in [0.25, 0.3) is 0 Å². The summed E-state index contributed by atoms with van der Waals surface area (Å²) < 4.78 is 18.9. The molecule has 0 amide bonds. The SMILES string of the molecule is COc1cc(-c2nc(N)ncc2Cc2c[nH]c3ncc(C)cc23)ccc1F. The number of halogens is 1. The third kappa shape index (κ3) is 3.19. The highest BCUT2D eigenvalue weighted by Crippen LogP contribution is 2.30. The molecule has 136 valence electrons. The molecule has 27 heavy (non-hydrogen) atoms. The number of nitrogen functional groups attached to an aromatic ring is 1. The summed E-state index contributed by atoms with van der Waals surface area (Å²) >= 11 is 0. The van der Waals surface area contributed by atoms with Gasteiger partial charge in [-0.25, -0.2) is 19.3 Å². The van der Waals surface area contributed by atoms with E-state index in [4.69, 9.17) is 10.5 Å². The fourth-order valence-corrected chi connectivity index (χ4v) is 3.12. The Morgan fingerprint density at radius 2 is 2.00 bits per heavy atom. The Morgan fingerprint density at radius 3 is 2.81 bits per heavy atom. The Morgan fingerprint density at radius 1 is 1.15 bits per heavy atom. The number of aromatic amines is 1. The van der Waals surface area contributed by atoms with Crippen LogP contribution < -0.4 is 10.5 Å². The molecule has 0 aliphatic heterocycles. The zero-order valence-electron chi connectivity index (χ0n) is 15.0. The maximum Gasteiger partial charge on any atom is 0.220 e. The number of hydrogen-bond acceptors (Lipinski definition) is 5. The van der Waals surface area contributed by atoms with Crippen molar-refractivity contribution in [1.29, 1.82) is 0 Å². The van der Waals surface area contributed by atoms with E-state index in [-0.39, 0.29) is 11.7 Å². The minimum Gasteiger partial charge on any atom is -0.494 e. The van der Waals surface area contributed by atoms with Gasteiger partial charge in [-0.1, -0.05) is 0 Å². The lowest BCUT2D eigenvalue weighted by Crippen LogP contribution is -2.02. The monoisotopic (exact) mass is 363 g/mol. The smallest absolute Gasteiger partial charge is 0.220 e. The first-order chi connectivity index (χ1) is 13.0. The van der Waals surface area contributed by atoms with E-state index in [9.17, 15) is 4.39 Å². The van der Waals surface area contributed by atoms with Crippen LogP contribution in [-0.2, 0) is 6.42 Å². The quantitative estimate of drug-likeness (QED) is 0.578. The van der Waals surface area contributed by atoms with E-state index < -0.39 is 5.82 Å². The van der Waals surface area contributed by atoms with Gasteiger partial charge < -0.3 is 15.5 Å². The summed E-state index contributed by atoms with van der Waals surface area (Å²) in [6.07, 6.45) is 6.05. The van der Waals surface area contributed by atoms with E-state index in [0.717, 1.165) is 27.7 Å². The summed E-state index contributed by atoms with van der Waals surface area (Å²) in [5.74, 6) is -0.112. The molecule has 3 heterocycles. The lowest BCUT2D eigenvalue weighted by atomic mass is 10.0. The Hall–Kier alpha value is -3.48. The average Bonchev–Trinajstić information content (AvgIpc) is 3.05. The van der Waals surface area contributed by atoms with Gasteiger partial charge in [0.2, 0.25) is 5.95 Å². The highest BCUT2D eigenvalue weighted by molar-refractivity contribution is 5.81. The van der Waals surface area contributed by atoms with E-state index in [1.165, 1.54) is 13.2 Å². The first-order valence-electron chi connectivity index (χ1n) is 8.43. The zero-order chi connectivity index (χ0) is 19.0. The van der Waals surface area contributed by atoms with Crippen molar-refractivity contribution in [3.8, 4) is 17.0 Å². The number of rotatable bonds is 4. The molecule has 6 nitrogen and oxygen atoms in total. The van der Waals surface area contributed by atoms with E-state index in [0.29, 0.717) is 17.7 Å². The molecule has 3 N–H and O–H groups in total. The topological polar surface area (TPSA) is 89.7 Å². The summed E-state index contributed by atoms with van der Waals surface area (Å²) in [5.41, 5.74) is 11.0. The average molecular weight is 363 g/mol. The summed E-state index contributed by atoms with van der Waals surface area (Å²) in [4.78, 5) is 16.1. The number of nitrogens with two attached hydrogens (primary N) is 1. The Bertz CT molecular complexity index is 1140. The lowest BCUT2D eigenvalue weighted by molar-refractivity contribution is 0.387. The number of aryl methyl sites for hydroxylation is 1. The van der Waals surface area contributed by atoms with E-state index >= 15 is 0 Å². The van der Waals surface area contributed by atoms with Crippen molar-refractivity contribution in [2.45, 2.75) is 13.3 Å². The molecule has 0 bridgehead atoms. The molecule has 0 radical (unpaired) electrons. The maximum atomic E-state index is 13.8. The number of fused-ring (bicyclic) bond motifs is 1. The number of nitrogens with zero attached hydrogens (tertiary/aromatic N) is 3. The molecule has 0 saturated heterocycles. The fraction of sp³-hybridized carbons (Fsp3) is 0.150. The van der Waals surface area contributed by atoms with Crippen LogP contribution >= 0.6 is 0 Å². The van der Waals surface area contributed by atoms with Crippen LogP contribution in [0.1, 0.15) is 16.7 Å². The largest absolute Gasteiger partial charge is 0.494 e. The molecule has 3 aromatic heterocycles. The fourth-order valence-electron chi connectivity index (χ4n) is 3.12. The number of hydrogen-bond donors (Lipinski definition) is 2. The second-order valence-corrected chi connectivity index (χ2v) is 6.35. The van der Waals surface area contributed by atoms with Crippen molar-refractivity contribution in [2.75, 3.05) is 12.8 Å². The van der Waals surface area contributed by atoms with Crippen LogP contribution in [0.25, 0.3) is 22.3 Å². The van der Waals surface area contributed by atoms with Gasteiger partial charge in [0.1, 0.15) is 5.65 Å². The minimum atomic E-state index is -0.428. The number of aromatic nitrogens is 4. The third-order valence-corrected chi connectivity index (χ3v) is 4.44. The zero-order valence-corrected chi connectivity index (χ0v) is 15.0. The van der Waals surface area contributed by atoms with Gasteiger partial charge in [0, 0.05) is 41.5 Å². The molecule has 1 aromatic carbocycles. The van der Waals surface area contributed by atoms with Crippen molar-refractivity contribution >= 4 is 17.0 Å². The van der Waals surface area contributed by atoms with Crippen LogP contribution in [0.2, 0.25) is 0 Å². The molecule has 0 aliphatic rings. The van der Waals surface area contributed by atoms with Crippen LogP contribution in [0, 0.1) is 12.7 Å². The Labute approximate surface area is 155 Å². The molecule has 0 atom stereocenters. The summed E-state index contributed by atoms with van der Waals surface area (Å²) in [6.45, 7) is 2.01. The Kier molecular flexibility index (Phi) is 4.19. The van der Waals surface area contributed by atoms with Gasteiger partial charge in [0.15, 0.2) is 11.6 Å². The Balaban J connectivity index is 1.81. The predicted octanol–water partition coefficient (Wildman–Crippen LogP) is 3.65. The molecular formula is C20H18FN5O. The molecule has 4 rings (SSSR count). The van der Waals surface area contributed by atoms with Crippen LogP contribution in [0.3, 0.4) is 0 Å². The number of pyridine rings is 1. The second kappa shape index (κ2) is 6.68. The molecule has 4 aromatic rings. The molecule has 0 fully saturated rings. The van der Waals surface area contributed by atoms with Gasteiger partial charge in [-0.05, 0) is 42.3 Å². The highest BCUT2D eigenvalue weighted by Gasteiger charge is 2.14. The summed E-state index contributed by atoms with van der Waals surface area (Å²) in [6, 6.07) is 6.72. The van der Waals surface area contributed by atoms with E-state index in [1.807, 2.05) is 19.3 Å². The van der Waals surface area contributed by atoms with Crippen molar-refractivity contribution in [3.63, 3.8) is 0 Å². The molecule has 0 aliphatic carbocycles. The number of H-pyrrole nitrogens is 1. The summed E-state index contributed by atoms with van der Waals surface area (Å²) in [7, 11) is 1.43. The lowest BCUT2D eigenvalue weighted by Gasteiger charge is -2.11. The highest BCUT2D eigenvalue weighted by atomic mass is 19.1. The molecule has 7 heteroatoms. The standard InChI is InChI=1S/C20H18FN5O/c1-11-5-15-13(9-24-19(15)23-8-11)6-14-10-25-20(22)26-18(14)12-3-4-16(21)17(7-12)27-2/h3-5,7-10H,6H2,1-2H3,(H,23,24)(H2,22,25,26). The van der Waals surface area contributed by atoms with Crippen molar-refractivity contribution in [3.05, 3.63) is 65.4 Å². The van der Waals surface area contributed by atoms with Crippen molar-refractivity contribution in [2.24, 2.45) is 0 Å². The van der Waals surface area contributed by atoms with Gasteiger partial charge in [0.05, 0.1) is 12.8 Å². The van der Waals surface area contributed by atoms with Crippen LogP contribution in [0.15, 0.2) is 42.9 Å². The second-order valence-electron chi connectivity index (χ2n) is 6.35. The number of nitrogens with one attached hydrogen (secondary N) is 1. The van der Waals surface area contributed by atoms with Crippen LogP contribution in [0.5, 0.6) is 5.75 Å². The van der Waals surface area contributed by atoms with E-state index in [2.05, 4.69) is 26.0 Å². The van der Waals surface area contributed by atoms with Gasteiger partial charge in [-0.2, -0.15) is 0 Å². The number of anilines is 1. The van der Waals surface area contributed by atoms with Gasteiger partial charge in [-0.15, -0.1) is 0 Å². The summed E-state index contributed by atoms with van der Waals surface area (Å²) in [5, 5.41) is 1.05. The number of ether oxygens (including phenoxy) is 1. The van der Waals surface area contributed by atoms with Crippen LogP contribution in [0.4, 0.5) is 10.3 Å². The number of methoxy groups -OCH3 is 1. The van der Waals surface area contributed by atoms with Gasteiger partial charge in [-0.3, -0.25) is 0 Å². The molecule has 0 unspecified atom stereocenters. The minimum absolute atomic E-state index is 0.155. The van der Waals surface area contributed by atoms with Crippen LogP contribution in [-0.4, -0.2) is 27.0 Å².